The highest BCUT2D eigenvalue weighted by Gasteiger charge is 2.53. The second kappa shape index (κ2) is 16.1. The van der Waals surface area contributed by atoms with Crippen LogP contribution in [0, 0.1) is 28.9 Å². The van der Waals surface area contributed by atoms with E-state index in [0.717, 1.165) is 89.4 Å². The Morgan fingerprint density at radius 2 is 1.73 bits per heavy atom. The van der Waals surface area contributed by atoms with E-state index in [1.807, 2.05) is 11.0 Å². The van der Waals surface area contributed by atoms with Gasteiger partial charge in [-0.1, -0.05) is 32.1 Å². The smallest absolute Gasteiger partial charge is 0.407 e. The Bertz CT molecular complexity index is 1840. The van der Waals surface area contributed by atoms with Gasteiger partial charge in [0.05, 0.1) is 22.9 Å². The lowest BCUT2D eigenvalue weighted by Crippen LogP contribution is -2.62. The molecule has 0 radical (unpaired) electrons. The molecule has 4 atom stereocenters. The number of rotatable bonds is 12. The number of amides is 2. The van der Waals surface area contributed by atoms with Crippen molar-refractivity contribution in [2.24, 2.45) is 17.3 Å². The van der Waals surface area contributed by atoms with E-state index >= 15 is 8.78 Å². The number of hydrogen-bond acceptors (Lipinski definition) is 8. The lowest BCUT2D eigenvalue weighted by molar-refractivity contribution is -0.126. The quantitative estimate of drug-likeness (QED) is 0.277. The van der Waals surface area contributed by atoms with E-state index in [4.69, 9.17) is 4.74 Å². The van der Waals surface area contributed by atoms with Gasteiger partial charge in [-0.05, 0) is 125 Å². The molecule has 2 amide bonds. The Balaban J connectivity index is 1.02. The van der Waals surface area contributed by atoms with Crippen LogP contribution >= 0.6 is 0 Å². The maximum atomic E-state index is 15.6. The van der Waals surface area contributed by atoms with Gasteiger partial charge in [-0.25, -0.2) is 22.0 Å². The van der Waals surface area contributed by atoms with Crippen LogP contribution in [0.15, 0.2) is 60.0 Å². The number of nitrogens with zero attached hydrogens (tertiary/aromatic N) is 4. The van der Waals surface area contributed by atoms with Crippen LogP contribution in [0.2, 0.25) is 0 Å². The fourth-order valence-electron chi connectivity index (χ4n) is 10.7. The number of nitrogens with one attached hydrogen (secondary N) is 1. The predicted octanol–water partition coefficient (Wildman–Crippen LogP) is 5.62. The van der Waals surface area contributed by atoms with Gasteiger partial charge in [0.15, 0.2) is 9.84 Å². The molecule has 5 aliphatic rings. The van der Waals surface area contributed by atoms with Gasteiger partial charge >= 0.3 is 6.09 Å². The molecule has 5 fully saturated rings. The molecular formula is C42H57F2N5O5S. The number of benzene rings is 2. The third-order valence-corrected chi connectivity index (χ3v) is 15.6. The van der Waals surface area contributed by atoms with Crippen molar-refractivity contribution in [1.29, 1.82) is 0 Å². The van der Waals surface area contributed by atoms with Crippen LogP contribution in [0.5, 0.6) is 0 Å². The van der Waals surface area contributed by atoms with Crippen LogP contribution in [0.1, 0.15) is 63.9 Å². The van der Waals surface area contributed by atoms with Crippen LogP contribution in [-0.2, 0) is 24.8 Å². The Labute approximate surface area is 325 Å². The molecule has 1 saturated carbocycles. The first-order valence-electron chi connectivity index (χ1n) is 20.1. The average Bonchev–Trinajstić information content (AvgIpc) is 3.61. The molecule has 0 aromatic heterocycles. The summed E-state index contributed by atoms with van der Waals surface area (Å²) >= 11 is 0. The Kier molecular flexibility index (Phi) is 11.6. The SMILES string of the molecule is C=CC(=O)N1CCC[C@H](S(=O)(=O)c2ccc(N3CC(C)(CN4CCC([C@@](CN5CCC5)(c5cccc(F)c5)[C@H]5CCC[C@@H]5NC(=O)OC)CC4)C3)c(F)c2)C1. The van der Waals surface area contributed by atoms with Gasteiger partial charge < -0.3 is 29.7 Å². The number of sulfone groups is 1. The van der Waals surface area contributed by atoms with Gasteiger partial charge in [0.2, 0.25) is 5.91 Å². The summed E-state index contributed by atoms with van der Waals surface area (Å²) in [7, 11) is -2.43. The number of alkyl carbamates (subject to hydrolysis) is 1. The number of piperidine rings is 2. The Morgan fingerprint density at radius 3 is 2.38 bits per heavy atom. The number of halogens is 2. The zero-order valence-corrected chi connectivity index (χ0v) is 33.2. The molecule has 4 aliphatic heterocycles. The van der Waals surface area contributed by atoms with E-state index in [9.17, 15) is 18.0 Å². The van der Waals surface area contributed by atoms with Crippen LogP contribution < -0.4 is 10.2 Å². The van der Waals surface area contributed by atoms with Crippen LogP contribution in [0.4, 0.5) is 19.3 Å². The van der Waals surface area contributed by atoms with Gasteiger partial charge in [0, 0.05) is 56.1 Å². The summed E-state index contributed by atoms with van der Waals surface area (Å²) in [6.07, 6.45) is 7.68. The van der Waals surface area contributed by atoms with E-state index in [0.29, 0.717) is 44.1 Å². The minimum absolute atomic E-state index is 0.0462. The van der Waals surface area contributed by atoms with Gasteiger partial charge in [-0.3, -0.25) is 4.79 Å². The van der Waals surface area contributed by atoms with Crippen LogP contribution in [0.3, 0.4) is 0 Å². The van der Waals surface area contributed by atoms with Gasteiger partial charge in [-0.15, -0.1) is 0 Å². The standard InChI is InChI=1S/C42H57F2N5O5S/c1-4-39(50)48-20-7-11-34(25-48)55(52,53)33-14-15-38(36(44)24-33)49-27-41(2,28-49)26-47-21-16-30(17-22-47)42(29-46-18-8-19-46,31-9-5-10-32(43)23-31)35-12-6-13-37(35)45-40(51)54-3/h4-5,9-10,14-15,23-24,30,34-35,37H,1,6-8,11-13,16-22,25-29H2,2-3H3,(H,45,51)/t34-,35-,37-,42-/m0/s1. The molecule has 7 rings (SSSR count). The molecule has 2 aromatic rings. The number of carbonyl (C=O) groups is 2. The second-order valence-electron chi connectivity index (χ2n) is 17.1. The lowest BCUT2D eigenvalue weighted by Gasteiger charge is -2.55. The summed E-state index contributed by atoms with van der Waals surface area (Å²) in [5, 5.41) is 2.38. The summed E-state index contributed by atoms with van der Waals surface area (Å²) in [6, 6.07) is 11.4. The molecule has 4 saturated heterocycles. The number of anilines is 1. The zero-order chi connectivity index (χ0) is 39.0. The van der Waals surface area contributed by atoms with Gasteiger partial charge in [0.25, 0.3) is 0 Å². The Morgan fingerprint density at radius 1 is 0.964 bits per heavy atom. The summed E-state index contributed by atoms with van der Waals surface area (Å²) in [4.78, 5) is 33.1. The molecule has 10 nitrogen and oxygen atoms in total. The maximum Gasteiger partial charge on any atom is 0.407 e. The highest BCUT2D eigenvalue weighted by atomic mass is 32.2. The minimum atomic E-state index is -3.83. The molecule has 4 heterocycles. The topological polar surface area (TPSA) is 103 Å². The highest BCUT2D eigenvalue weighted by Crippen LogP contribution is 2.52. The van der Waals surface area contributed by atoms with Crippen LogP contribution in [0.25, 0.3) is 0 Å². The first-order valence-corrected chi connectivity index (χ1v) is 21.6. The summed E-state index contributed by atoms with van der Waals surface area (Å²) in [5.41, 5.74) is 1.04. The van der Waals surface area contributed by atoms with Crippen molar-refractivity contribution in [3.63, 3.8) is 0 Å². The number of likely N-dealkylation sites (tertiary alicyclic amines) is 3. The molecule has 13 heteroatoms. The largest absolute Gasteiger partial charge is 0.453 e. The first kappa shape index (κ1) is 39.7. The van der Waals surface area contributed by atoms with Gasteiger partial charge in [0.1, 0.15) is 11.6 Å². The van der Waals surface area contributed by atoms with Crippen molar-refractivity contribution in [1.82, 2.24) is 20.0 Å². The van der Waals surface area contributed by atoms with E-state index in [-0.39, 0.29) is 46.0 Å². The van der Waals surface area contributed by atoms with E-state index in [2.05, 4.69) is 34.7 Å². The van der Waals surface area contributed by atoms with Crippen molar-refractivity contribution in [2.45, 2.75) is 79.9 Å². The van der Waals surface area contributed by atoms with Crippen molar-refractivity contribution in [2.75, 3.05) is 77.5 Å². The molecule has 300 valence electrons. The van der Waals surface area contributed by atoms with Gasteiger partial charge in [-0.2, -0.15) is 0 Å². The van der Waals surface area contributed by atoms with E-state index < -0.39 is 27.0 Å². The number of ether oxygens (including phenoxy) is 1. The molecule has 0 bridgehead atoms. The van der Waals surface area contributed by atoms with E-state index in [1.54, 1.807) is 12.1 Å². The maximum absolute atomic E-state index is 15.6. The predicted molar refractivity (Wildman–Crippen MR) is 209 cm³/mol. The highest BCUT2D eigenvalue weighted by molar-refractivity contribution is 7.92. The number of methoxy groups -OCH3 is 1. The number of hydrogen-bond donors (Lipinski definition) is 1. The molecule has 1 aliphatic carbocycles. The third kappa shape index (κ3) is 8.03. The molecular weight excluding hydrogens is 725 g/mol. The van der Waals surface area contributed by atoms with Crippen molar-refractivity contribution in [3.05, 3.63) is 72.3 Å². The second-order valence-corrected chi connectivity index (χ2v) is 19.3. The monoisotopic (exact) mass is 781 g/mol. The minimum Gasteiger partial charge on any atom is -0.453 e. The Hall–Kier alpha value is -3.55. The van der Waals surface area contributed by atoms with Crippen molar-refractivity contribution >= 4 is 27.5 Å². The molecule has 55 heavy (non-hydrogen) atoms. The van der Waals surface area contributed by atoms with Crippen molar-refractivity contribution in [3.8, 4) is 0 Å². The third-order valence-electron chi connectivity index (χ3n) is 13.4. The van der Waals surface area contributed by atoms with Crippen LogP contribution in [-0.4, -0.2) is 119 Å². The lowest BCUT2D eigenvalue weighted by atomic mass is 9.57. The summed E-state index contributed by atoms with van der Waals surface area (Å²) < 4.78 is 62.7. The summed E-state index contributed by atoms with van der Waals surface area (Å²) in [6.45, 7) is 13.2. The summed E-state index contributed by atoms with van der Waals surface area (Å²) in [5.74, 6) is -0.631. The normalized spacial score (nSPS) is 26.1. The van der Waals surface area contributed by atoms with E-state index in [1.165, 1.54) is 30.2 Å². The average molecular weight is 782 g/mol. The fourth-order valence-corrected chi connectivity index (χ4v) is 12.4. The molecule has 0 unspecified atom stereocenters. The molecule has 0 spiro atoms. The molecule has 1 N–H and O–H groups in total. The first-order chi connectivity index (χ1) is 26.3. The zero-order valence-electron chi connectivity index (χ0n) is 32.4. The number of carbonyl (C=O) groups excluding carboxylic acids is 2. The fraction of sp³-hybridized carbons (Fsp3) is 0.619. The van der Waals surface area contributed by atoms with Crippen molar-refractivity contribution < 1.29 is 31.5 Å². The molecule has 2 aromatic carbocycles.